The molecule has 0 aliphatic carbocycles. The van der Waals surface area contributed by atoms with Gasteiger partial charge in [-0.1, -0.05) is 13.8 Å². The monoisotopic (exact) mass is 423 g/mol. The van der Waals surface area contributed by atoms with Crippen molar-refractivity contribution < 1.29 is 28.7 Å². The van der Waals surface area contributed by atoms with Gasteiger partial charge in [0.15, 0.2) is 5.78 Å². The van der Waals surface area contributed by atoms with E-state index < -0.39 is 11.9 Å². The number of hydrogen-bond acceptors (Lipinski definition) is 6. The van der Waals surface area contributed by atoms with Crippen LogP contribution in [0.25, 0.3) is 0 Å². The molecule has 0 saturated carbocycles. The van der Waals surface area contributed by atoms with Crippen molar-refractivity contribution in [2.24, 2.45) is 5.92 Å². The highest BCUT2D eigenvalue weighted by Crippen LogP contribution is 2.26. The summed E-state index contributed by atoms with van der Waals surface area (Å²) in [6.07, 6.45) is 0.710. The molecule has 0 atom stereocenters. The van der Waals surface area contributed by atoms with Gasteiger partial charge >= 0.3 is 5.97 Å². The summed E-state index contributed by atoms with van der Waals surface area (Å²) in [6.45, 7) is 5.73. The number of benzene rings is 2. The van der Waals surface area contributed by atoms with E-state index in [0.29, 0.717) is 41.3 Å². The highest BCUT2D eigenvalue weighted by Gasteiger charge is 2.35. The van der Waals surface area contributed by atoms with Crippen molar-refractivity contribution >= 4 is 23.6 Å². The van der Waals surface area contributed by atoms with Crippen LogP contribution in [0.15, 0.2) is 36.4 Å². The van der Waals surface area contributed by atoms with Gasteiger partial charge in [-0.25, -0.2) is 4.79 Å². The fraction of sp³-hybridized carbons (Fsp3) is 0.333. The molecule has 0 radical (unpaired) electrons. The molecule has 0 bridgehead atoms. The third kappa shape index (κ3) is 4.66. The van der Waals surface area contributed by atoms with Gasteiger partial charge in [0.1, 0.15) is 12.4 Å². The fourth-order valence-corrected chi connectivity index (χ4v) is 3.35. The van der Waals surface area contributed by atoms with Crippen LogP contribution in [0, 0.1) is 5.92 Å². The van der Waals surface area contributed by atoms with Gasteiger partial charge in [0, 0.05) is 17.7 Å². The van der Waals surface area contributed by atoms with Crippen molar-refractivity contribution in [2.75, 3.05) is 13.7 Å². The second-order valence-corrected chi connectivity index (χ2v) is 7.86. The average Bonchev–Trinajstić information content (AvgIpc) is 2.99. The Morgan fingerprint density at radius 2 is 1.65 bits per heavy atom. The van der Waals surface area contributed by atoms with Crippen LogP contribution in [0.4, 0.5) is 0 Å². The summed E-state index contributed by atoms with van der Waals surface area (Å²) in [7, 11) is 1.49. The molecule has 1 heterocycles. The molecule has 2 aromatic rings. The van der Waals surface area contributed by atoms with E-state index in [2.05, 4.69) is 0 Å². The zero-order chi connectivity index (χ0) is 22.7. The zero-order valence-corrected chi connectivity index (χ0v) is 18.1. The van der Waals surface area contributed by atoms with Crippen LogP contribution < -0.4 is 4.74 Å². The quantitative estimate of drug-likeness (QED) is 0.363. The number of hydrogen-bond donors (Lipinski definition) is 0. The van der Waals surface area contributed by atoms with Gasteiger partial charge in [0.2, 0.25) is 0 Å². The van der Waals surface area contributed by atoms with Gasteiger partial charge in [-0.3, -0.25) is 19.3 Å². The lowest BCUT2D eigenvalue weighted by atomic mass is 10.1. The van der Waals surface area contributed by atoms with E-state index in [1.54, 1.807) is 18.2 Å². The molecule has 2 amide bonds. The summed E-state index contributed by atoms with van der Waals surface area (Å²) in [5.41, 5.74) is 1.71. The number of amides is 2. The Kier molecular flexibility index (Phi) is 6.53. The van der Waals surface area contributed by atoms with Gasteiger partial charge in [-0.2, -0.15) is 0 Å². The first-order valence-corrected chi connectivity index (χ1v) is 10.1. The van der Waals surface area contributed by atoms with Crippen LogP contribution in [0.5, 0.6) is 5.75 Å². The second kappa shape index (κ2) is 9.12. The first-order valence-electron chi connectivity index (χ1n) is 10.1. The molecule has 162 valence electrons. The number of fused-ring (bicyclic) bond motifs is 1. The SMILES string of the molecule is COc1ccc(C(C)=O)cc1COC(=O)c1ccc2c(c1)C(=O)N(CCC(C)C)C2=O. The van der Waals surface area contributed by atoms with E-state index in [-0.39, 0.29) is 29.4 Å². The zero-order valence-electron chi connectivity index (χ0n) is 18.1. The predicted octanol–water partition coefficient (Wildman–Crippen LogP) is 3.90. The van der Waals surface area contributed by atoms with Crippen LogP contribution in [0.2, 0.25) is 0 Å². The lowest BCUT2D eigenvalue weighted by Crippen LogP contribution is -2.31. The summed E-state index contributed by atoms with van der Waals surface area (Å²) in [4.78, 5) is 50.6. The van der Waals surface area contributed by atoms with E-state index >= 15 is 0 Å². The van der Waals surface area contributed by atoms with Crippen LogP contribution in [-0.2, 0) is 11.3 Å². The standard InChI is InChI=1S/C24H25NO6/c1-14(2)9-10-25-22(27)19-7-5-17(12-20(19)23(25)28)24(29)31-13-18-11-16(15(3)26)6-8-21(18)30-4/h5-8,11-12,14H,9-10,13H2,1-4H3. The Morgan fingerprint density at radius 3 is 2.29 bits per heavy atom. The molecular formula is C24H25NO6. The topological polar surface area (TPSA) is 90.0 Å². The van der Waals surface area contributed by atoms with Gasteiger partial charge in [-0.15, -0.1) is 0 Å². The van der Waals surface area contributed by atoms with E-state index in [9.17, 15) is 19.2 Å². The maximum atomic E-state index is 12.7. The molecule has 7 nitrogen and oxygen atoms in total. The summed E-state index contributed by atoms with van der Waals surface area (Å²) in [5, 5.41) is 0. The first kappa shape index (κ1) is 22.2. The van der Waals surface area contributed by atoms with Crippen LogP contribution in [0.3, 0.4) is 0 Å². The number of Topliss-reactive ketones (excluding diaryl/α,β-unsaturated/α-hetero) is 1. The van der Waals surface area contributed by atoms with Crippen molar-refractivity contribution in [3.63, 3.8) is 0 Å². The summed E-state index contributed by atoms with van der Waals surface area (Å²) >= 11 is 0. The highest BCUT2D eigenvalue weighted by molar-refractivity contribution is 6.21. The molecule has 0 aromatic heterocycles. The Bertz CT molecular complexity index is 1060. The minimum absolute atomic E-state index is 0.104. The number of rotatable bonds is 8. The molecule has 1 aliphatic rings. The molecule has 7 heteroatoms. The van der Waals surface area contributed by atoms with E-state index in [1.165, 1.54) is 37.1 Å². The predicted molar refractivity (Wildman–Crippen MR) is 113 cm³/mol. The van der Waals surface area contributed by atoms with Crippen molar-refractivity contribution in [1.29, 1.82) is 0 Å². The van der Waals surface area contributed by atoms with E-state index in [0.717, 1.165) is 0 Å². The molecule has 0 saturated heterocycles. The van der Waals surface area contributed by atoms with E-state index in [4.69, 9.17) is 9.47 Å². The summed E-state index contributed by atoms with van der Waals surface area (Å²) < 4.78 is 10.6. The smallest absolute Gasteiger partial charge is 0.338 e. The van der Waals surface area contributed by atoms with Crippen molar-refractivity contribution in [3.05, 3.63) is 64.2 Å². The maximum absolute atomic E-state index is 12.7. The average molecular weight is 423 g/mol. The van der Waals surface area contributed by atoms with Crippen LogP contribution in [-0.4, -0.2) is 42.1 Å². The number of ether oxygens (including phenoxy) is 2. The van der Waals surface area contributed by atoms with E-state index in [1.807, 2.05) is 13.8 Å². The Labute approximate surface area is 180 Å². The summed E-state index contributed by atoms with van der Waals surface area (Å²) in [6, 6.07) is 9.26. The molecular weight excluding hydrogens is 398 g/mol. The molecule has 0 unspecified atom stereocenters. The molecule has 0 fully saturated rings. The Hall–Kier alpha value is -3.48. The minimum atomic E-state index is -0.640. The fourth-order valence-electron chi connectivity index (χ4n) is 3.35. The van der Waals surface area contributed by atoms with Crippen molar-refractivity contribution in [3.8, 4) is 5.75 Å². The third-order valence-electron chi connectivity index (χ3n) is 5.18. The van der Waals surface area contributed by atoms with Gasteiger partial charge in [0.25, 0.3) is 11.8 Å². The second-order valence-electron chi connectivity index (χ2n) is 7.86. The minimum Gasteiger partial charge on any atom is -0.496 e. The van der Waals surface area contributed by atoms with Crippen LogP contribution >= 0.6 is 0 Å². The van der Waals surface area contributed by atoms with Gasteiger partial charge in [-0.05, 0) is 55.7 Å². The molecule has 31 heavy (non-hydrogen) atoms. The van der Waals surface area contributed by atoms with Gasteiger partial charge in [0.05, 0.1) is 23.8 Å². The number of nitrogens with zero attached hydrogens (tertiary/aromatic N) is 1. The number of methoxy groups -OCH3 is 1. The normalized spacial score (nSPS) is 12.9. The number of imide groups is 1. The summed E-state index contributed by atoms with van der Waals surface area (Å²) in [5.74, 6) is -0.642. The lowest BCUT2D eigenvalue weighted by molar-refractivity contribution is 0.0469. The molecule has 1 aliphatic heterocycles. The molecule has 2 aromatic carbocycles. The number of carbonyl (C=O) groups is 4. The first-order chi connectivity index (χ1) is 14.7. The maximum Gasteiger partial charge on any atom is 0.338 e. The highest BCUT2D eigenvalue weighted by atomic mass is 16.5. The Morgan fingerprint density at radius 1 is 0.968 bits per heavy atom. The Balaban J connectivity index is 1.75. The number of ketones is 1. The van der Waals surface area contributed by atoms with Crippen molar-refractivity contribution in [2.45, 2.75) is 33.8 Å². The molecule has 3 rings (SSSR count). The molecule has 0 spiro atoms. The number of carbonyl (C=O) groups excluding carboxylic acids is 4. The lowest BCUT2D eigenvalue weighted by Gasteiger charge is -2.14. The molecule has 0 N–H and O–H groups in total. The van der Waals surface area contributed by atoms with Crippen molar-refractivity contribution in [1.82, 2.24) is 4.90 Å². The number of esters is 1. The van der Waals surface area contributed by atoms with Gasteiger partial charge < -0.3 is 9.47 Å². The third-order valence-corrected chi connectivity index (χ3v) is 5.18. The largest absolute Gasteiger partial charge is 0.496 e. The van der Waals surface area contributed by atoms with Crippen LogP contribution in [0.1, 0.15) is 74.2 Å².